The average Bonchev–Trinajstić information content (AvgIpc) is 2.72. The fourth-order valence-electron chi connectivity index (χ4n) is 4.72. The Labute approximate surface area is 81.1 Å². The molecule has 0 heterocycles. The zero-order chi connectivity index (χ0) is 9.05. The maximum Gasteiger partial charge on any atom is 0.0185 e. The highest BCUT2D eigenvalue weighted by atomic mass is 14.8. The van der Waals surface area contributed by atoms with Gasteiger partial charge in [-0.3, -0.25) is 0 Å². The van der Waals surface area contributed by atoms with E-state index in [1.54, 1.807) is 0 Å². The molecule has 0 radical (unpaired) electrons. The molecule has 0 aliphatic heterocycles. The molecule has 0 aromatic heterocycles. The van der Waals surface area contributed by atoms with Crippen molar-refractivity contribution in [2.24, 2.45) is 29.4 Å². The highest BCUT2D eigenvalue weighted by molar-refractivity contribution is 5.11. The standard InChI is InChI=1S/C12H21N/c1-2-12(13)7-8-6-11(12)10-5-3-4-9(8)10/h8-11H,2-7,13H2,1H3. The van der Waals surface area contributed by atoms with Crippen molar-refractivity contribution < 1.29 is 0 Å². The Bertz CT molecular complexity index is 225. The van der Waals surface area contributed by atoms with Crippen molar-refractivity contribution in [3.63, 3.8) is 0 Å². The summed E-state index contributed by atoms with van der Waals surface area (Å²) in [5.74, 6) is 4.04. The van der Waals surface area contributed by atoms with Crippen molar-refractivity contribution in [3.05, 3.63) is 0 Å². The normalized spacial score (nSPS) is 58.6. The molecule has 0 spiro atoms. The molecule has 13 heavy (non-hydrogen) atoms. The monoisotopic (exact) mass is 179 g/mol. The van der Waals surface area contributed by atoms with E-state index in [1.807, 2.05) is 0 Å². The van der Waals surface area contributed by atoms with Gasteiger partial charge in [0.2, 0.25) is 0 Å². The highest BCUT2D eigenvalue weighted by Crippen LogP contribution is 2.62. The Hall–Kier alpha value is -0.0400. The molecule has 1 nitrogen and oxygen atoms in total. The van der Waals surface area contributed by atoms with Gasteiger partial charge in [-0.2, -0.15) is 0 Å². The van der Waals surface area contributed by atoms with Crippen LogP contribution in [0.3, 0.4) is 0 Å². The van der Waals surface area contributed by atoms with Crippen molar-refractivity contribution in [2.45, 2.75) is 51.0 Å². The first-order valence-electron chi connectivity index (χ1n) is 6.03. The van der Waals surface area contributed by atoms with Gasteiger partial charge in [-0.15, -0.1) is 0 Å². The van der Waals surface area contributed by atoms with Gasteiger partial charge in [0.1, 0.15) is 0 Å². The van der Waals surface area contributed by atoms with Crippen molar-refractivity contribution >= 4 is 0 Å². The second-order valence-corrected chi connectivity index (χ2v) is 5.65. The fraction of sp³-hybridized carbons (Fsp3) is 1.00. The summed E-state index contributed by atoms with van der Waals surface area (Å²) in [7, 11) is 0. The lowest BCUT2D eigenvalue weighted by Crippen LogP contribution is -2.48. The number of rotatable bonds is 1. The van der Waals surface area contributed by atoms with E-state index in [0.717, 1.165) is 23.7 Å². The SMILES string of the molecule is CCC1(N)CC2CC1C1CCCC21. The van der Waals surface area contributed by atoms with E-state index in [9.17, 15) is 0 Å². The largest absolute Gasteiger partial charge is 0.325 e. The first-order valence-corrected chi connectivity index (χ1v) is 6.03. The summed E-state index contributed by atoms with van der Waals surface area (Å²) in [5.41, 5.74) is 6.75. The first-order chi connectivity index (χ1) is 6.24. The van der Waals surface area contributed by atoms with E-state index in [4.69, 9.17) is 5.73 Å². The van der Waals surface area contributed by atoms with E-state index >= 15 is 0 Å². The zero-order valence-corrected chi connectivity index (χ0v) is 8.63. The third-order valence-corrected chi connectivity index (χ3v) is 5.34. The van der Waals surface area contributed by atoms with Crippen LogP contribution in [0.15, 0.2) is 0 Å². The third-order valence-electron chi connectivity index (χ3n) is 5.34. The van der Waals surface area contributed by atoms with Crippen molar-refractivity contribution in [3.8, 4) is 0 Å². The van der Waals surface area contributed by atoms with Gasteiger partial charge in [0.05, 0.1) is 0 Å². The first kappa shape index (κ1) is 8.28. The molecular weight excluding hydrogens is 158 g/mol. The molecule has 3 saturated carbocycles. The molecule has 3 fully saturated rings. The van der Waals surface area contributed by atoms with Gasteiger partial charge in [0.25, 0.3) is 0 Å². The molecule has 2 N–H and O–H groups in total. The lowest BCUT2D eigenvalue weighted by Gasteiger charge is -2.39. The topological polar surface area (TPSA) is 26.0 Å². The van der Waals surface area contributed by atoms with Crippen LogP contribution in [0.4, 0.5) is 0 Å². The van der Waals surface area contributed by atoms with Gasteiger partial charge in [0, 0.05) is 5.54 Å². The van der Waals surface area contributed by atoms with Crippen LogP contribution in [-0.2, 0) is 0 Å². The third kappa shape index (κ3) is 0.918. The molecule has 3 rings (SSSR count). The molecule has 5 unspecified atom stereocenters. The van der Waals surface area contributed by atoms with Gasteiger partial charge >= 0.3 is 0 Å². The molecule has 5 atom stereocenters. The molecule has 0 saturated heterocycles. The minimum absolute atomic E-state index is 0.246. The highest BCUT2D eigenvalue weighted by Gasteiger charge is 2.58. The van der Waals surface area contributed by atoms with E-state index in [-0.39, 0.29) is 5.54 Å². The maximum atomic E-state index is 6.50. The van der Waals surface area contributed by atoms with E-state index in [2.05, 4.69) is 6.92 Å². The smallest absolute Gasteiger partial charge is 0.0185 e. The van der Waals surface area contributed by atoms with Crippen molar-refractivity contribution in [1.82, 2.24) is 0 Å². The van der Waals surface area contributed by atoms with Crippen LogP contribution < -0.4 is 5.73 Å². The summed E-state index contributed by atoms with van der Waals surface area (Å²) in [4.78, 5) is 0. The van der Waals surface area contributed by atoms with E-state index in [0.29, 0.717) is 0 Å². The molecular formula is C12H21N. The molecule has 3 aliphatic carbocycles. The molecule has 0 amide bonds. The number of hydrogen-bond donors (Lipinski definition) is 1. The van der Waals surface area contributed by atoms with E-state index < -0.39 is 0 Å². The van der Waals surface area contributed by atoms with Crippen molar-refractivity contribution in [1.29, 1.82) is 0 Å². The van der Waals surface area contributed by atoms with Gasteiger partial charge < -0.3 is 5.73 Å². The summed E-state index contributed by atoms with van der Waals surface area (Å²) < 4.78 is 0. The Morgan fingerprint density at radius 2 is 2.08 bits per heavy atom. The summed E-state index contributed by atoms with van der Waals surface area (Å²) in [5, 5.41) is 0. The molecule has 74 valence electrons. The number of nitrogens with two attached hydrogens (primary N) is 1. The lowest BCUT2D eigenvalue weighted by molar-refractivity contribution is 0.152. The fourth-order valence-corrected chi connectivity index (χ4v) is 4.72. The Balaban J connectivity index is 1.89. The summed E-state index contributed by atoms with van der Waals surface area (Å²) in [6.45, 7) is 2.28. The quantitative estimate of drug-likeness (QED) is 0.657. The maximum absolute atomic E-state index is 6.50. The van der Waals surface area contributed by atoms with Gasteiger partial charge in [-0.05, 0) is 55.8 Å². The van der Waals surface area contributed by atoms with Crippen LogP contribution in [0.1, 0.15) is 45.4 Å². The summed E-state index contributed by atoms with van der Waals surface area (Å²) in [6, 6.07) is 0. The summed E-state index contributed by atoms with van der Waals surface area (Å²) in [6.07, 6.45) is 8.52. The molecule has 3 aliphatic rings. The average molecular weight is 179 g/mol. The molecule has 1 heteroatoms. The minimum Gasteiger partial charge on any atom is -0.325 e. The van der Waals surface area contributed by atoms with Crippen LogP contribution in [0.5, 0.6) is 0 Å². The Kier molecular flexibility index (Phi) is 1.59. The van der Waals surface area contributed by atoms with Crippen LogP contribution in [-0.4, -0.2) is 5.54 Å². The zero-order valence-electron chi connectivity index (χ0n) is 8.63. The molecule has 2 bridgehead atoms. The van der Waals surface area contributed by atoms with Gasteiger partial charge in [0.15, 0.2) is 0 Å². The van der Waals surface area contributed by atoms with Crippen LogP contribution in [0.25, 0.3) is 0 Å². The van der Waals surface area contributed by atoms with Gasteiger partial charge in [-0.1, -0.05) is 13.3 Å². The molecule has 0 aromatic rings. The van der Waals surface area contributed by atoms with E-state index in [1.165, 1.54) is 38.5 Å². The predicted molar refractivity (Wildman–Crippen MR) is 54.3 cm³/mol. The summed E-state index contributed by atoms with van der Waals surface area (Å²) >= 11 is 0. The van der Waals surface area contributed by atoms with Gasteiger partial charge in [-0.25, -0.2) is 0 Å². The number of fused-ring (bicyclic) bond motifs is 5. The second-order valence-electron chi connectivity index (χ2n) is 5.65. The lowest BCUT2D eigenvalue weighted by atomic mass is 9.70. The Morgan fingerprint density at radius 3 is 2.85 bits per heavy atom. The second kappa shape index (κ2) is 2.50. The van der Waals surface area contributed by atoms with Crippen LogP contribution >= 0.6 is 0 Å². The predicted octanol–water partition coefficient (Wildman–Crippen LogP) is 2.55. The minimum atomic E-state index is 0.246. The van der Waals surface area contributed by atoms with Crippen molar-refractivity contribution in [2.75, 3.05) is 0 Å². The number of hydrogen-bond acceptors (Lipinski definition) is 1. The Morgan fingerprint density at radius 1 is 1.31 bits per heavy atom. The molecule has 0 aromatic carbocycles. The van der Waals surface area contributed by atoms with Crippen LogP contribution in [0, 0.1) is 23.7 Å². The van der Waals surface area contributed by atoms with Crippen LogP contribution in [0.2, 0.25) is 0 Å².